The van der Waals surface area contributed by atoms with Gasteiger partial charge in [0.05, 0.1) is 6.04 Å². The number of pyridine rings is 1. The molecular formula is C15H14FN3S. The minimum absolute atomic E-state index is 0.136. The van der Waals surface area contributed by atoms with Crippen LogP contribution < -0.4 is 11.3 Å². The Hall–Kier alpha value is -1.82. The zero-order chi connectivity index (χ0) is 14.1. The Bertz CT molecular complexity index is 754. The summed E-state index contributed by atoms with van der Waals surface area (Å²) in [5.41, 5.74) is 4.89. The highest BCUT2D eigenvalue weighted by atomic mass is 32.1. The number of hydrazine groups is 1. The molecule has 2 heterocycles. The molecule has 3 N–H and O–H groups in total. The van der Waals surface area contributed by atoms with Crippen molar-refractivity contribution < 1.29 is 4.39 Å². The minimum atomic E-state index is -0.222. The van der Waals surface area contributed by atoms with Crippen molar-refractivity contribution in [2.24, 2.45) is 5.84 Å². The van der Waals surface area contributed by atoms with Crippen LogP contribution in [0.15, 0.2) is 42.7 Å². The largest absolute Gasteiger partial charge is 0.271 e. The Morgan fingerprint density at radius 1 is 1.25 bits per heavy atom. The van der Waals surface area contributed by atoms with Gasteiger partial charge in [-0.15, -0.1) is 11.3 Å². The highest BCUT2D eigenvalue weighted by Crippen LogP contribution is 2.33. The van der Waals surface area contributed by atoms with E-state index in [1.807, 2.05) is 19.1 Å². The molecule has 0 amide bonds. The second kappa shape index (κ2) is 5.28. The van der Waals surface area contributed by atoms with Crippen molar-refractivity contribution in [2.45, 2.75) is 13.0 Å². The summed E-state index contributed by atoms with van der Waals surface area (Å²) in [5.74, 6) is 5.47. The molecule has 1 aromatic carbocycles. The number of nitrogens with zero attached hydrogens (tertiary/aromatic N) is 1. The van der Waals surface area contributed by atoms with Crippen LogP contribution >= 0.6 is 11.3 Å². The lowest BCUT2D eigenvalue weighted by Crippen LogP contribution is -2.28. The smallest absolute Gasteiger partial charge is 0.124 e. The molecule has 3 aromatic rings. The Balaban J connectivity index is 2.07. The first-order valence-electron chi connectivity index (χ1n) is 6.24. The fourth-order valence-corrected chi connectivity index (χ4v) is 3.42. The van der Waals surface area contributed by atoms with Crippen molar-refractivity contribution in [3.8, 4) is 0 Å². The normalized spacial score (nSPS) is 12.8. The molecule has 1 atom stereocenters. The summed E-state index contributed by atoms with van der Waals surface area (Å²) in [5, 5.41) is 1.02. The molecule has 3 rings (SSSR count). The summed E-state index contributed by atoms with van der Waals surface area (Å²) in [4.78, 5) is 5.24. The van der Waals surface area contributed by atoms with E-state index in [0.29, 0.717) is 0 Å². The summed E-state index contributed by atoms with van der Waals surface area (Å²) in [6.07, 6.45) is 3.60. The van der Waals surface area contributed by atoms with Gasteiger partial charge in [-0.3, -0.25) is 10.8 Å². The van der Waals surface area contributed by atoms with Crippen molar-refractivity contribution in [3.63, 3.8) is 0 Å². The predicted octanol–water partition coefficient (Wildman–Crippen LogP) is 3.30. The molecular weight excluding hydrogens is 273 g/mol. The number of nitrogens with two attached hydrogens (primary N) is 1. The Morgan fingerprint density at radius 2 is 2.10 bits per heavy atom. The van der Waals surface area contributed by atoms with Gasteiger partial charge < -0.3 is 0 Å². The monoisotopic (exact) mass is 287 g/mol. The SMILES string of the molecule is Cc1cncc(C(NN)c2cc3ccc(F)cc3s2)c1. The van der Waals surface area contributed by atoms with Gasteiger partial charge in [0.1, 0.15) is 5.82 Å². The van der Waals surface area contributed by atoms with E-state index in [1.54, 1.807) is 24.5 Å². The molecule has 0 saturated carbocycles. The van der Waals surface area contributed by atoms with E-state index in [9.17, 15) is 4.39 Å². The average molecular weight is 287 g/mol. The summed E-state index contributed by atoms with van der Waals surface area (Å²) in [6, 6.07) is 8.74. The van der Waals surface area contributed by atoms with Crippen molar-refractivity contribution in [1.82, 2.24) is 10.4 Å². The van der Waals surface area contributed by atoms with E-state index in [1.165, 1.54) is 17.4 Å². The lowest BCUT2D eigenvalue weighted by molar-refractivity contribution is 0.630. The molecule has 0 saturated heterocycles. The van der Waals surface area contributed by atoms with Gasteiger partial charge in [0, 0.05) is 22.0 Å². The van der Waals surface area contributed by atoms with E-state index in [0.717, 1.165) is 26.1 Å². The number of thiophene rings is 1. The van der Waals surface area contributed by atoms with Crippen molar-refractivity contribution in [1.29, 1.82) is 0 Å². The van der Waals surface area contributed by atoms with Gasteiger partial charge in [0.15, 0.2) is 0 Å². The Kier molecular flexibility index (Phi) is 3.48. The molecule has 3 nitrogen and oxygen atoms in total. The van der Waals surface area contributed by atoms with Gasteiger partial charge in [-0.25, -0.2) is 9.82 Å². The third-order valence-corrected chi connectivity index (χ3v) is 4.34. The molecule has 0 aliphatic heterocycles. The third kappa shape index (κ3) is 2.43. The van der Waals surface area contributed by atoms with E-state index < -0.39 is 0 Å². The maximum absolute atomic E-state index is 13.3. The molecule has 0 fully saturated rings. The van der Waals surface area contributed by atoms with Crippen molar-refractivity contribution in [2.75, 3.05) is 0 Å². The molecule has 1 unspecified atom stereocenters. The highest BCUT2D eigenvalue weighted by molar-refractivity contribution is 7.19. The molecule has 0 bridgehead atoms. The average Bonchev–Trinajstić information content (AvgIpc) is 2.82. The Labute approximate surface area is 120 Å². The number of hydrogen-bond acceptors (Lipinski definition) is 4. The minimum Gasteiger partial charge on any atom is -0.271 e. The number of benzene rings is 1. The van der Waals surface area contributed by atoms with Crippen LogP contribution in [0.5, 0.6) is 0 Å². The number of rotatable bonds is 3. The highest BCUT2D eigenvalue weighted by Gasteiger charge is 2.16. The second-order valence-corrected chi connectivity index (χ2v) is 5.84. The predicted molar refractivity (Wildman–Crippen MR) is 79.9 cm³/mol. The lowest BCUT2D eigenvalue weighted by atomic mass is 10.1. The first-order chi connectivity index (χ1) is 9.67. The number of aromatic nitrogens is 1. The lowest BCUT2D eigenvalue weighted by Gasteiger charge is -2.14. The third-order valence-electron chi connectivity index (χ3n) is 3.18. The first-order valence-corrected chi connectivity index (χ1v) is 7.05. The molecule has 5 heteroatoms. The standard InChI is InChI=1S/C15H14FN3S/c1-9-4-11(8-18-7-9)15(19-17)14-5-10-2-3-12(16)6-13(10)20-14/h2-8,15,19H,17H2,1H3. The van der Waals surface area contributed by atoms with Gasteiger partial charge >= 0.3 is 0 Å². The fraction of sp³-hybridized carbons (Fsp3) is 0.133. The van der Waals surface area contributed by atoms with Crippen LogP contribution in [-0.4, -0.2) is 4.98 Å². The van der Waals surface area contributed by atoms with Gasteiger partial charge in [-0.05, 0) is 41.6 Å². The van der Waals surface area contributed by atoms with Crippen LogP contribution in [0.3, 0.4) is 0 Å². The van der Waals surface area contributed by atoms with Gasteiger partial charge in [-0.2, -0.15) is 0 Å². The van der Waals surface area contributed by atoms with E-state index in [2.05, 4.69) is 10.4 Å². The van der Waals surface area contributed by atoms with Crippen molar-refractivity contribution >= 4 is 21.4 Å². The van der Waals surface area contributed by atoms with Crippen LogP contribution in [0, 0.1) is 12.7 Å². The summed E-state index contributed by atoms with van der Waals surface area (Å²) in [7, 11) is 0. The number of halogens is 1. The number of aryl methyl sites for hydroxylation is 1. The second-order valence-electron chi connectivity index (χ2n) is 4.73. The molecule has 20 heavy (non-hydrogen) atoms. The topological polar surface area (TPSA) is 50.9 Å². The fourth-order valence-electron chi connectivity index (χ4n) is 2.25. The molecule has 0 radical (unpaired) electrons. The molecule has 2 aromatic heterocycles. The van der Waals surface area contributed by atoms with E-state index in [-0.39, 0.29) is 11.9 Å². The van der Waals surface area contributed by atoms with E-state index in [4.69, 9.17) is 5.84 Å². The van der Waals surface area contributed by atoms with Crippen LogP contribution in [0.1, 0.15) is 22.0 Å². The number of nitrogens with one attached hydrogen (secondary N) is 1. The maximum Gasteiger partial charge on any atom is 0.124 e. The number of fused-ring (bicyclic) bond motifs is 1. The van der Waals surface area contributed by atoms with Gasteiger partial charge in [-0.1, -0.05) is 12.1 Å². The number of hydrogen-bond donors (Lipinski definition) is 2. The van der Waals surface area contributed by atoms with Gasteiger partial charge in [0.2, 0.25) is 0 Å². The summed E-state index contributed by atoms with van der Waals surface area (Å²) in [6.45, 7) is 1.99. The van der Waals surface area contributed by atoms with Crippen molar-refractivity contribution in [3.05, 3.63) is 64.5 Å². The summed E-state index contributed by atoms with van der Waals surface area (Å²) < 4.78 is 14.2. The van der Waals surface area contributed by atoms with E-state index >= 15 is 0 Å². The maximum atomic E-state index is 13.3. The Morgan fingerprint density at radius 3 is 2.85 bits per heavy atom. The molecule has 102 valence electrons. The van der Waals surface area contributed by atoms with Crippen LogP contribution in [0.25, 0.3) is 10.1 Å². The van der Waals surface area contributed by atoms with Gasteiger partial charge in [0.25, 0.3) is 0 Å². The van der Waals surface area contributed by atoms with Crippen LogP contribution in [0.4, 0.5) is 4.39 Å². The van der Waals surface area contributed by atoms with Crippen LogP contribution in [0.2, 0.25) is 0 Å². The molecule has 0 aliphatic carbocycles. The molecule has 0 aliphatic rings. The first kappa shape index (κ1) is 13.2. The quantitative estimate of drug-likeness (QED) is 0.574. The zero-order valence-corrected chi connectivity index (χ0v) is 11.7. The zero-order valence-electron chi connectivity index (χ0n) is 10.9. The molecule has 0 spiro atoms. The van der Waals surface area contributed by atoms with Crippen LogP contribution in [-0.2, 0) is 0 Å². The summed E-state index contributed by atoms with van der Waals surface area (Å²) >= 11 is 1.53.